The molecule has 0 aliphatic carbocycles. The van der Waals surface area contributed by atoms with Crippen LogP contribution in [0.15, 0.2) is 5.11 Å². The van der Waals surface area contributed by atoms with Crippen molar-refractivity contribution in [2.75, 3.05) is 26.3 Å². The molecule has 0 bridgehead atoms. The van der Waals surface area contributed by atoms with E-state index in [0.717, 1.165) is 12.8 Å². The van der Waals surface area contributed by atoms with Gasteiger partial charge in [-0.1, -0.05) is 130 Å². The van der Waals surface area contributed by atoms with Crippen molar-refractivity contribution in [2.24, 2.45) is 15.9 Å². The van der Waals surface area contributed by atoms with Crippen LogP contribution in [0.3, 0.4) is 0 Å². The summed E-state index contributed by atoms with van der Waals surface area (Å²) in [6.07, 6.45) is 20.7. The number of ether oxygens (including phenoxy) is 1. The molecule has 1 amide bonds. The maximum atomic E-state index is 12.2. The van der Waals surface area contributed by atoms with E-state index in [1.807, 2.05) is 13.8 Å². The Bertz CT molecular complexity index is 543. The van der Waals surface area contributed by atoms with Gasteiger partial charge >= 0.3 is 0 Å². The van der Waals surface area contributed by atoms with Crippen LogP contribution in [0.25, 0.3) is 10.4 Å². The molecule has 0 aromatic heterocycles. The summed E-state index contributed by atoms with van der Waals surface area (Å²) in [6.45, 7) is 12.6. The van der Waals surface area contributed by atoms with Gasteiger partial charge in [0.05, 0.1) is 13.2 Å². The summed E-state index contributed by atoms with van der Waals surface area (Å²) in [5.74, 6) is 0.145. The molecule has 0 spiro atoms. The van der Waals surface area contributed by atoms with E-state index in [-0.39, 0.29) is 16.7 Å². The van der Waals surface area contributed by atoms with Gasteiger partial charge in [0.2, 0.25) is 5.91 Å². The highest BCUT2D eigenvalue weighted by atomic mass is 16.5. The minimum atomic E-state index is -0.181. The number of azide groups is 1. The molecular formula is C28H56N4O2. The van der Waals surface area contributed by atoms with E-state index >= 15 is 0 Å². The van der Waals surface area contributed by atoms with Crippen LogP contribution in [0.1, 0.15) is 137 Å². The number of carbonyl (C=O) groups excluding carboxylic acids is 1. The van der Waals surface area contributed by atoms with Gasteiger partial charge in [-0.3, -0.25) is 4.79 Å². The molecule has 0 aromatic carbocycles. The third-order valence-electron chi connectivity index (χ3n) is 6.32. The molecule has 0 aromatic rings. The third kappa shape index (κ3) is 22.5. The predicted octanol–water partition coefficient (Wildman–Crippen LogP) is 8.74. The van der Waals surface area contributed by atoms with Crippen molar-refractivity contribution in [1.29, 1.82) is 0 Å². The van der Waals surface area contributed by atoms with Crippen LogP contribution in [0.5, 0.6) is 0 Å². The minimum Gasteiger partial charge on any atom is -0.380 e. The molecule has 34 heavy (non-hydrogen) atoms. The van der Waals surface area contributed by atoms with Crippen molar-refractivity contribution in [3.05, 3.63) is 10.4 Å². The molecule has 0 fully saturated rings. The fraction of sp³-hybridized carbons (Fsp3) is 0.964. The van der Waals surface area contributed by atoms with Crippen molar-refractivity contribution in [2.45, 2.75) is 137 Å². The first-order valence-corrected chi connectivity index (χ1v) is 14.1. The summed E-state index contributed by atoms with van der Waals surface area (Å²) < 4.78 is 5.85. The summed E-state index contributed by atoms with van der Waals surface area (Å²) >= 11 is 0. The van der Waals surface area contributed by atoms with Crippen molar-refractivity contribution in [1.82, 2.24) is 5.32 Å². The first-order valence-electron chi connectivity index (χ1n) is 14.1. The van der Waals surface area contributed by atoms with Gasteiger partial charge in [0, 0.05) is 29.8 Å². The number of unbranched alkanes of at least 4 members (excludes halogenated alkanes) is 14. The van der Waals surface area contributed by atoms with Gasteiger partial charge in [-0.15, -0.1) is 0 Å². The van der Waals surface area contributed by atoms with Gasteiger partial charge < -0.3 is 10.1 Å². The van der Waals surface area contributed by atoms with Crippen LogP contribution in [0.2, 0.25) is 0 Å². The fourth-order valence-electron chi connectivity index (χ4n) is 4.01. The maximum Gasteiger partial charge on any atom is 0.220 e. The van der Waals surface area contributed by atoms with E-state index in [1.165, 1.54) is 83.5 Å². The Morgan fingerprint density at radius 3 is 1.68 bits per heavy atom. The molecule has 6 nitrogen and oxygen atoms in total. The number of carbonyl (C=O) groups is 1. The lowest BCUT2D eigenvalue weighted by atomic mass is 9.93. The lowest BCUT2D eigenvalue weighted by Crippen LogP contribution is -2.37. The van der Waals surface area contributed by atoms with Crippen LogP contribution >= 0.6 is 0 Å². The van der Waals surface area contributed by atoms with Gasteiger partial charge in [-0.05, 0) is 17.4 Å². The Balaban J connectivity index is 3.57. The molecule has 200 valence electrons. The number of hydrogen-bond acceptors (Lipinski definition) is 3. The van der Waals surface area contributed by atoms with E-state index in [0.29, 0.717) is 32.7 Å². The molecule has 0 radical (unpaired) electrons. The number of nitrogens with one attached hydrogen (secondary N) is 1. The predicted molar refractivity (Wildman–Crippen MR) is 145 cm³/mol. The summed E-state index contributed by atoms with van der Waals surface area (Å²) in [7, 11) is 0. The van der Waals surface area contributed by atoms with Gasteiger partial charge in [0.1, 0.15) is 0 Å². The zero-order valence-electron chi connectivity index (χ0n) is 23.3. The van der Waals surface area contributed by atoms with Gasteiger partial charge in [-0.25, -0.2) is 0 Å². The summed E-state index contributed by atoms with van der Waals surface area (Å²) in [5, 5.41) is 6.71. The van der Waals surface area contributed by atoms with E-state index in [4.69, 9.17) is 10.3 Å². The Morgan fingerprint density at radius 1 is 0.765 bits per heavy atom. The van der Waals surface area contributed by atoms with Crippen molar-refractivity contribution in [3.8, 4) is 0 Å². The molecule has 0 rings (SSSR count). The molecule has 1 N–H and O–H groups in total. The first kappa shape index (κ1) is 32.7. The fourth-order valence-corrected chi connectivity index (χ4v) is 4.01. The molecule has 0 aliphatic rings. The average Bonchev–Trinajstić information content (AvgIpc) is 2.78. The summed E-state index contributed by atoms with van der Waals surface area (Å²) in [4.78, 5) is 15.0. The van der Waals surface area contributed by atoms with Crippen LogP contribution in [0.4, 0.5) is 0 Å². The zero-order valence-corrected chi connectivity index (χ0v) is 23.3. The third-order valence-corrected chi connectivity index (χ3v) is 6.32. The number of hydrogen-bond donors (Lipinski definition) is 1. The van der Waals surface area contributed by atoms with Crippen LogP contribution < -0.4 is 5.32 Å². The molecule has 0 unspecified atom stereocenters. The van der Waals surface area contributed by atoms with E-state index < -0.39 is 0 Å². The molecule has 6 heteroatoms. The van der Waals surface area contributed by atoms with Crippen LogP contribution in [-0.4, -0.2) is 32.2 Å². The summed E-state index contributed by atoms with van der Waals surface area (Å²) in [5.41, 5.74) is 8.16. The normalized spacial score (nSPS) is 11.9. The second-order valence-corrected chi connectivity index (χ2v) is 11.7. The van der Waals surface area contributed by atoms with E-state index in [2.05, 4.69) is 36.1 Å². The number of amides is 1. The SMILES string of the molecule is CCCCCCCCCCCCCCCCCC(=O)NCC(C)(C)COCC(C)(C)CN=[N+]=[N-]. The lowest BCUT2D eigenvalue weighted by molar-refractivity contribution is -0.121. The van der Waals surface area contributed by atoms with Gasteiger partial charge in [0.15, 0.2) is 0 Å². The summed E-state index contributed by atoms with van der Waals surface area (Å²) in [6, 6.07) is 0. The van der Waals surface area contributed by atoms with E-state index in [9.17, 15) is 4.79 Å². The molecule has 0 saturated heterocycles. The monoisotopic (exact) mass is 480 g/mol. The quantitative estimate of drug-likeness (QED) is 0.0647. The molecule has 0 aliphatic heterocycles. The highest BCUT2D eigenvalue weighted by Crippen LogP contribution is 2.20. The average molecular weight is 481 g/mol. The van der Waals surface area contributed by atoms with Gasteiger partial charge in [-0.2, -0.15) is 0 Å². The number of rotatable bonds is 24. The van der Waals surface area contributed by atoms with E-state index in [1.54, 1.807) is 0 Å². The second-order valence-electron chi connectivity index (χ2n) is 11.7. The Hall–Kier alpha value is -1.26. The highest BCUT2D eigenvalue weighted by molar-refractivity contribution is 5.75. The van der Waals surface area contributed by atoms with Crippen molar-refractivity contribution < 1.29 is 9.53 Å². The molecular weight excluding hydrogens is 424 g/mol. The van der Waals surface area contributed by atoms with Crippen LogP contribution in [-0.2, 0) is 9.53 Å². The smallest absolute Gasteiger partial charge is 0.220 e. The first-order chi connectivity index (χ1) is 16.2. The molecule has 0 atom stereocenters. The molecule has 0 saturated carbocycles. The van der Waals surface area contributed by atoms with Crippen molar-refractivity contribution >= 4 is 5.91 Å². The molecule has 0 heterocycles. The van der Waals surface area contributed by atoms with Gasteiger partial charge in [0.25, 0.3) is 0 Å². The zero-order chi connectivity index (χ0) is 25.5. The lowest BCUT2D eigenvalue weighted by Gasteiger charge is -2.28. The van der Waals surface area contributed by atoms with Crippen LogP contribution in [0, 0.1) is 10.8 Å². The minimum absolute atomic E-state index is 0.126. The topological polar surface area (TPSA) is 87.1 Å². The largest absolute Gasteiger partial charge is 0.380 e. The number of nitrogens with zero attached hydrogens (tertiary/aromatic N) is 3. The standard InChI is InChI=1S/C28H56N4O2/c1-6-7-8-9-10-11-12-13-14-15-16-17-18-19-20-21-26(33)30-22-27(2,3)24-34-25-28(4,5)23-31-32-29/h6-25H2,1-5H3,(H,30,33). The Morgan fingerprint density at radius 2 is 1.21 bits per heavy atom. The second kappa shape index (κ2) is 21.1. The van der Waals surface area contributed by atoms with Crippen molar-refractivity contribution in [3.63, 3.8) is 0 Å². The maximum absolute atomic E-state index is 12.2. The highest BCUT2D eigenvalue weighted by Gasteiger charge is 2.22. The Labute approximate surface area is 211 Å². The Kier molecular flexibility index (Phi) is 20.3.